The highest BCUT2D eigenvalue weighted by Crippen LogP contribution is 2.61. The van der Waals surface area contributed by atoms with Gasteiger partial charge in [-0.2, -0.15) is 0 Å². The van der Waals surface area contributed by atoms with E-state index in [0.717, 1.165) is 18.1 Å². The predicted octanol–water partition coefficient (Wildman–Crippen LogP) is 12.1. The summed E-state index contributed by atoms with van der Waals surface area (Å²) in [6.45, 7) is 11.2. The van der Waals surface area contributed by atoms with E-state index < -0.39 is 22.6 Å². The van der Waals surface area contributed by atoms with E-state index in [2.05, 4.69) is 58.9 Å². The van der Waals surface area contributed by atoms with Gasteiger partial charge in [0.25, 0.3) is 0 Å². The monoisotopic (exact) mass is 638 g/mol. The van der Waals surface area contributed by atoms with Crippen LogP contribution in [0.2, 0.25) is 0 Å². The van der Waals surface area contributed by atoms with Crippen LogP contribution in [-0.2, 0) is 16.5 Å². The van der Waals surface area contributed by atoms with Crippen molar-refractivity contribution in [2.24, 2.45) is 0 Å². The molecule has 0 aliphatic rings. The standard InChI is InChI=1S/C38H71O3PS/c1-6-10-13-16-19-22-30-42(31-23-20-17-14-11-7-2,32-24-21-18-15-12-8-3)33-29-38(43(39,40)41)34-36-25-27-37(28-26-36)35(5)9-4/h25-28,35,38H,6-24,29-34H2,1-5H3. The van der Waals surface area contributed by atoms with Crippen LogP contribution in [-0.4, -0.2) is 42.9 Å². The topological polar surface area (TPSA) is 57.2 Å². The minimum absolute atomic E-state index is 0.359. The van der Waals surface area contributed by atoms with Crippen molar-refractivity contribution in [3.05, 3.63) is 35.4 Å². The van der Waals surface area contributed by atoms with Gasteiger partial charge in [0, 0.05) is 7.26 Å². The first kappa shape index (κ1) is 40.6. The third-order valence-corrected chi connectivity index (χ3v) is 16.1. The Morgan fingerprint density at radius 1 is 0.605 bits per heavy atom. The van der Waals surface area contributed by atoms with Crippen LogP contribution in [0.3, 0.4) is 0 Å². The normalized spacial score (nSPS) is 13.8. The van der Waals surface area contributed by atoms with Gasteiger partial charge in [0.1, 0.15) is 0 Å². The summed E-state index contributed by atoms with van der Waals surface area (Å²) in [6, 6.07) is 8.38. The molecule has 0 aliphatic carbocycles. The van der Waals surface area contributed by atoms with Crippen molar-refractivity contribution >= 4 is 17.4 Å². The van der Waals surface area contributed by atoms with Gasteiger partial charge < -0.3 is 4.55 Å². The second kappa shape index (κ2) is 24.7. The summed E-state index contributed by atoms with van der Waals surface area (Å²) in [6.07, 6.45) is 30.5. The first-order chi connectivity index (χ1) is 20.7. The summed E-state index contributed by atoms with van der Waals surface area (Å²) in [5.74, 6) is 0.490. The average Bonchev–Trinajstić information content (AvgIpc) is 2.99. The van der Waals surface area contributed by atoms with Crippen molar-refractivity contribution in [1.82, 2.24) is 0 Å². The van der Waals surface area contributed by atoms with Crippen molar-refractivity contribution in [1.29, 1.82) is 0 Å². The van der Waals surface area contributed by atoms with E-state index in [1.807, 2.05) is 0 Å². The summed E-state index contributed by atoms with van der Waals surface area (Å²) in [5, 5.41) is -0.806. The molecule has 0 aromatic heterocycles. The second-order valence-electron chi connectivity index (χ2n) is 13.7. The maximum absolute atomic E-state index is 12.6. The largest absolute Gasteiger partial charge is 0.748 e. The van der Waals surface area contributed by atoms with E-state index in [-0.39, 0.29) is 0 Å². The average molecular weight is 639 g/mol. The maximum Gasteiger partial charge on any atom is 0.0980 e. The molecule has 2 atom stereocenters. The van der Waals surface area contributed by atoms with Gasteiger partial charge in [0.05, 0.1) is 40.0 Å². The third-order valence-electron chi connectivity index (χ3n) is 9.92. The van der Waals surface area contributed by atoms with Crippen molar-refractivity contribution in [3.8, 4) is 0 Å². The molecule has 5 heteroatoms. The van der Waals surface area contributed by atoms with Crippen molar-refractivity contribution < 1.29 is 13.0 Å². The molecule has 0 saturated carbocycles. The summed E-state index contributed by atoms with van der Waals surface area (Å²) < 4.78 is 37.8. The number of unbranched alkanes of at least 4 members (excludes halogenated alkanes) is 15. The van der Waals surface area contributed by atoms with Crippen LogP contribution in [0.5, 0.6) is 0 Å². The van der Waals surface area contributed by atoms with Crippen molar-refractivity contribution in [3.63, 3.8) is 0 Å². The number of rotatable bonds is 29. The SMILES string of the molecule is CCCCCCCC[P+](CCCCCCCC)(CCCCCCCC)CCC(Cc1ccc(C(C)CC)cc1)S(=O)(=O)[O-]. The van der Waals surface area contributed by atoms with Gasteiger partial charge in [-0.1, -0.05) is 136 Å². The lowest BCUT2D eigenvalue weighted by atomic mass is 9.96. The molecule has 0 heterocycles. The van der Waals surface area contributed by atoms with E-state index in [1.165, 1.54) is 140 Å². The zero-order valence-corrected chi connectivity index (χ0v) is 30.9. The molecular weight excluding hydrogens is 567 g/mol. The van der Waals surface area contributed by atoms with Crippen LogP contribution in [0.15, 0.2) is 24.3 Å². The van der Waals surface area contributed by atoms with Gasteiger partial charge in [-0.05, 0) is 74.8 Å². The van der Waals surface area contributed by atoms with Crippen molar-refractivity contribution in [2.75, 3.05) is 24.6 Å². The molecule has 2 unspecified atom stereocenters. The van der Waals surface area contributed by atoms with E-state index in [1.54, 1.807) is 0 Å². The zero-order valence-electron chi connectivity index (χ0n) is 29.2. The summed E-state index contributed by atoms with van der Waals surface area (Å²) in [7, 11) is -5.67. The minimum Gasteiger partial charge on any atom is -0.748 e. The van der Waals surface area contributed by atoms with Gasteiger partial charge in [0.15, 0.2) is 0 Å². The second-order valence-corrected chi connectivity index (χ2v) is 19.8. The summed E-state index contributed by atoms with van der Waals surface area (Å²) in [4.78, 5) is 0. The summed E-state index contributed by atoms with van der Waals surface area (Å²) >= 11 is 0. The molecule has 3 nitrogen and oxygen atoms in total. The van der Waals surface area contributed by atoms with Gasteiger partial charge >= 0.3 is 0 Å². The van der Waals surface area contributed by atoms with Crippen LogP contribution < -0.4 is 0 Å². The molecule has 43 heavy (non-hydrogen) atoms. The molecule has 0 radical (unpaired) electrons. The molecule has 0 N–H and O–H groups in total. The highest BCUT2D eigenvalue weighted by atomic mass is 32.2. The number of hydrogen-bond donors (Lipinski definition) is 0. The zero-order chi connectivity index (χ0) is 31.8. The fraction of sp³-hybridized carbons (Fsp3) is 0.842. The lowest BCUT2D eigenvalue weighted by Gasteiger charge is -2.31. The van der Waals surface area contributed by atoms with E-state index >= 15 is 0 Å². The Labute approximate surface area is 270 Å². The van der Waals surface area contributed by atoms with Crippen LogP contribution >= 0.6 is 7.26 Å². The lowest BCUT2D eigenvalue weighted by molar-refractivity contribution is 0.444. The Balaban J connectivity index is 3.05. The van der Waals surface area contributed by atoms with Gasteiger partial charge in [0.2, 0.25) is 0 Å². The van der Waals surface area contributed by atoms with E-state index in [4.69, 9.17) is 0 Å². The smallest absolute Gasteiger partial charge is 0.0980 e. The van der Waals surface area contributed by atoms with Crippen LogP contribution in [0.4, 0.5) is 0 Å². The predicted molar refractivity (Wildman–Crippen MR) is 193 cm³/mol. The number of benzene rings is 1. The fourth-order valence-electron chi connectivity index (χ4n) is 6.60. The van der Waals surface area contributed by atoms with E-state index in [0.29, 0.717) is 18.8 Å². The fourth-order valence-corrected chi connectivity index (χ4v) is 12.5. The maximum atomic E-state index is 12.6. The van der Waals surface area contributed by atoms with Crippen LogP contribution in [0.25, 0.3) is 0 Å². The lowest BCUT2D eigenvalue weighted by Crippen LogP contribution is -2.26. The van der Waals surface area contributed by atoms with Gasteiger partial charge in [-0.3, -0.25) is 0 Å². The highest BCUT2D eigenvalue weighted by molar-refractivity contribution is 7.86. The third kappa shape index (κ3) is 19.0. The molecule has 1 aromatic carbocycles. The highest BCUT2D eigenvalue weighted by Gasteiger charge is 2.37. The minimum atomic E-state index is -4.36. The first-order valence-corrected chi connectivity index (χ1v) is 22.6. The Morgan fingerprint density at radius 2 is 1.00 bits per heavy atom. The molecule has 0 spiro atoms. The Bertz CT molecular complexity index is 842. The summed E-state index contributed by atoms with van der Waals surface area (Å²) in [5.41, 5.74) is 2.28. The molecule has 1 aromatic rings. The first-order valence-electron chi connectivity index (χ1n) is 18.6. The van der Waals surface area contributed by atoms with Gasteiger partial charge in [-0.25, -0.2) is 8.42 Å². The molecule has 252 valence electrons. The molecule has 0 bridgehead atoms. The molecule has 0 saturated heterocycles. The Hall–Kier alpha value is -0.440. The molecule has 0 amide bonds. The molecule has 1 rings (SSSR count). The van der Waals surface area contributed by atoms with E-state index in [9.17, 15) is 13.0 Å². The quantitative estimate of drug-likeness (QED) is 0.0498. The van der Waals surface area contributed by atoms with Gasteiger partial charge in [-0.15, -0.1) is 0 Å². The molecular formula is C38H71O3PS. The van der Waals surface area contributed by atoms with Crippen LogP contribution in [0.1, 0.15) is 180 Å². The van der Waals surface area contributed by atoms with Crippen LogP contribution in [0, 0.1) is 0 Å². The Morgan fingerprint density at radius 3 is 1.37 bits per heavy atom. The number of hydrogen-bond acceptors (Lipinski definition) is 3. The molecule has 0 aliphatic heterocycles. The van der Waals surface area contributed by atoms with Crippen molar-refractivity contribution in [2.45, 2.75) is 181 Å². The Kier molecular flexibility index (Phi) is 23.4. The molecule has 0 fully saturated rings.